The molecule has 0 aliphatic carbocycles. The molecule has 0 bridgehead atoms. The molecule has 32 heavy (non-hydrogen) atoms. The Bertz CT molecular complexity index is 1100. The lowest BCUT2D eigenvalue weighted by Crippen LogP contribution is -2.50. The lowest BCUT2D eigenvalue weighted by atomic mass is 10.1. The van der Waals surface area contributed by atoms with Crippen LogP contribution in [0, 0.1) is 5.92 Å². The van der Waals surface area contributed by atoms with E-state index in [0.29, 0.717) is 25.4 Å². The number of pyridine rings is 1. The SMILES string of the molecule is COc1cccc(N2CC(C(=O)N3CCN(Cc4cc5ccccn5n4)CC3)CC2=O)c1. The van der Waals surface area contributed by atoms with Crippen molar-refractivity contribution >= 4 is 23.0 Å². The van der Waals surface area contributed by atoms with Gasteiger partial charge in [-0.25, -0.2) is 4.52 Å². The first-order chi connectivity index (χ1) is 15.6. The van der Waals surface area contributed by atoms with Crippen molar-refractivity contribution < 1.29 is 14.3 Å². The summed E-state index contributed by atoms with van der Waals surface area (Å²) in [7, 11) is 1.60. The molecule has 2 saturated heterocycles. The number of carbonyl (C=O) groups is 2. The average Bonchev–Trinajstić information content (AvgIpc) is 3.42. The number of aromatic nitrogens is 2. The van der Waals surface area contributed by atoms with Crippen LogP contribution in [0.4, 0.5) is 5.69 Å². The smallest absolute Gasteiger partial charge is 0.228 e. The molecule has 166 valence electrons. The zero-order valence-corrected chi connectivity index (χ0v) is 18.2. The predicted molar refractivity (Wildman–Crippen MR) is 121 cm³/mol. The first kappa shape index (κ1) is 20.5. The Kier molecular flexibility index (Phi) is 5.53. The number of methoxy groups -OCH3 is 1. The van der Waals surface area contributed by atoms with E-state index in [0.717, 1.165) is 36.5 Å². The highest BCUT2D eigenvalue weighted by atomic mass is 16.5. The number of rotatable bonds is 5. The number of nitrogens with zero attached hydrogens (tertiary/aromatic N) is 5. The summed E-state index contributed by atoms with van der Waals surface area (Å²) >= 11 is 0. The van der Waals surface area contributed by atoms with E-state index >= 15 is 0 Å². The summed E-state index contributed by atoms with van der Waals surface area (Å²) in [5.41, 5.74) is 2.90. The molecule has 0 N–H and O–H groups in total. The van der Waals surface area contributed by atoms with Crippen LogP contribution in [0.5, 0.6) is 5.75 Å². The number of carbonyl (C=O) groups excluding carboxylic acids is 2. The second-order valence-electron chi connectivity index (χ2n) is 8.41. The molecule has 2 aliphatic heterocycles. The maximum absolute atomic E-state index is 13.1. The van der Waals surface area contributed by atoms with Crippen molar-refractivity contribution in [3.8, 4) is 5.75 Å². The van der Waals surface area contributed by atoms with Gasteiger partial charge < -0.3 is 14.5 Å². The normalized spacial score (nSPS) is 19.7. The zero-order valence-electron chi connectivity index (χ0n) is 18.2. The van der Waals surface area contributed by atoms with Gasteiger partial charge in [-0.3, -0.25) is 14.5 Å². The molecule has 1 unspecified atom stereocenters. The van der Waals surface area contributed by atoms with Crippen molar-refractivity contribution in [3.05, 3.63) is 60.4 Å². The van der Waals surface area contributed by atoms with Crippen molar-refractivity contribution in [1.82, 2.24) is 19.4 Å². The topological polar surface area (TPSA) is 70.4 Å². The summed E-state index contributed by atoms with van der Waals surface area (Å²) < 4.78 is 7.15. The van der Waals surface area contributed by atoms with Crippen LogP contribution in [0.3, 0.4) is 0 Å². The van der Waals surface area contributed by atoms with Crippen molar-refractivity contribution in [1.29, 1.82) is 0 Å². The Balaban J connectivity index is 1.17. The van der Waals surface area contributed by atoms with Crippen LogP contribution in [0.2, 0.25) is 0 Å². The molecule has 2 fully saturated rings. The number of hydrogen-bond donors (Lipinski definition) is 0. The third kappa shape index (κ3) is 4.05. The first-order valence-electron chi connectivity index (χ1n) is 11.0. The molecule has 0 radical (unpaired) electrons. The Morgan fingerprint density at radius 1 is 1.09 bits per heavy atom. The van der Waals surface area contributed by atoms with Gasteiger partial charge in [-0.15, -0.1) is 0 Å². The number of hydrogen-bond acceptors (Lipinski definition) is 5. The fraction of sp³-hybridized carbons (Fsp3) is 0.375. The van der Waals surface area contributed by atoms with Crippen molar-refractivity contribution in [3.63, 3.8) is 0 Å². The number of anilines is 1. The van der Waals surface area contributed by atoms with Gasteiger partial charge in [-0.2, -0.15) is 5.10 Å². The molecule has 0 spiro atoms. The van der Waals surface area contributed by atoms with E-state index in [1.807, 2.05) is 58.1 Å². The predicted octanol–water partition coefficient (Wildman–Crippen LogP) is 2.04. The fourth-order valence-corrected chi connectivity index (χ4v) is 4.58. The third-order valence-electron chi connectivity index (χ3n) is 6.33. The molecular formula is C24H27N5O3. The highest BCUT2D eigenvalue weighted by Crippen LogP contribution is 2.29. The Morgan fingerprint density at radius 3 is 2.72 bits per heavy atom. The quantitative estimate of drug-likeness (QED) is 0.616. The second kappa shape index (κ2) is 8.63. The number of fused-ring (bicyclic) bond motifs is 1. The minimum atomic E-state index is -0.293. The molecule has 3 aromatic rings. The Hall–Kier alpha value is -3.39. The molecule has 2 aliphatic rings. The molecule has 0 saturated carbocycles. The van der Waals surface area contributed by atoms with Crippen LogP contribution < -0.4 is 9.64 Å². The highest BCUT2D eigenvalue weighted by molar-refractivity contribution is 6.00. The van der Waals surface area contributed by atoms with Gasteiger partial charge in [0.15, 0.2) is 0 Å². The molecule has 8 heteroatoms. The van der Waals surface area contributed by atoms with Gasteiger partial charge in [-0.05, 0) is 30.3 Å². The van der Waals surface area contributed by atoms with Gasteiger partial charge in [0.2, 0.25) is 11.8 Å². The van der Waals surface area contributed by atoms with Crippen LogP contribution in [0.1, 0.15) is 12.1 Å². The summed E-state index contributed by atoms with van der Waals surface area (Å²) in [6.07, 6.45) is 2.21. The van der Waals surface area contributed by atoms with Gasteiger partial charge in [0, 0.05) is 63.6 Å². The number of amides is 2. The molecule has 8 nitrogen and oxygen atoms in total. The van der Waals surface area contributed by atoms with E-state index in [1.165, 1.54) is 0 Å². The largest absolute Gasteiger partial charge is 0.497 e. The van der Waals surface area contributed by atoms with Gasteiger partial charge in [0.1, 0.15) is 5.75 Å². The van der Waals surface area contributed by atoms with Crippen molar-refractivity contribution in [2.45, 2.75) is 13.0 Å². The van der Waals surface area contributed by atoms with Crippen LogP contribution >= 0.6 is 0 Å². The first-order valence-corrected chi connectivity index (χ1v) is 11.0. The minimum Gasteiger partial charge on any atom is -0.497 e. The van der Waals surface area contributed by atoms with Crippen LogP contribution in [0.15, 0.2) is 54.7 Å². The molecule has 5 rings (SSSR count). The van der Waals surface area contributed by atoms with E-state index in [4.69, 9.17) is 4.74 Å². The third-order valence-corrected chi connectivity index (χ3v) is 6.33. The van der Waals surface area contributed by atoms with E-state index in [-0.39, 0.29) is 24.2 Å². The van der Waals surface area contributed by atoms with Gasteiger partial charge in [0.05, 0.1) is 24.2 Å². The summed E-state index contributed by atoms with van der Waals surface area (Å²) in [5.74, 6) is 0.476. The number of ether oxygens (including phenoxy) is 1. The fourth-order valence-electron chi connectivity index (χ4n) is 4.58. The van der Waals surface area contributed by atoms with Crippen LogP contribution in [-0.2, 0) is 16.1 Å². The van der Waals surface area contributed by atoms with E-state index in [1.54, 1.807) is 12.0 Å². The average molecular weight is 434 g/mol. The number of benzene rings is 1. The molecule has 2 aromatic heterocycles. The van der Waals surface area contributed by atoms with Gasteiger partial charge in [-0.1, -0.05) is 12.1 Å². The highest BCUT2D eigenvalue weighted by Gasteiger charge is 2.38. The van der Waals surface area contributed by atoms with Crippen molar-refractivity contribution in [2.75, 3.05) is 44.7 Å². The summed E-state index contributed by atoms with van der Waals surface area (Å²) in [5, 5.41) is 4.62. The Labute approximate surface area is 187 Å². The van der Waals surface area contributed by atoms with Crippen LogP contribution in [-0.4, -0.2) is 71.1 Å². The minimum absolute atomic E-state index is 0.0120. The van der Waals surface area contributed by atoms with Crippen molar-refractivity contribution in [2.24, 2.45) is 5.92 Å². The molecular weight excluding hydrogens is 406 g/mol. The second-order valence-corrected chi connectivity index (χ2v) is 8.41. The molecule has 4 heterocycles. The maximum Gasteiger partial charge on any atom is 0.228 e. The van der Waals surface area contributed by atoms with Gasteiger partial charge in [0.25, 0.3) is 0 Å². The monoisotopic (exact) mass is 433 g/mol. The van der Waals surface area contributed by atoms with E-state index in [2.05, 4.69) is 16.1 Å². The summed E-state index contributed by atoms with van der Waals surface area (Å²) in [4.78, 5) is 31.7. The van der Waals surface area contributed by atoms with E-state index in [9.17, 15) is 9.59 Å². The summed E-state index contributed by atoms with van der Waals surface area (Å²) in [6, 6.07) is 15.6. The van der Waals surface area contributed by atoms with Crippen LogP contribution in [0.25, 0.3) is 5.52 Å². The lowest BCUT2D eigenvalue weighted by Gasteiger charge is -2.35. The number of piperazine rings is 1. The Morgan fingerprint density at radius 2 is 1.94 bits per heavy atom. The molecule has 1 atom stereocenters. The summed E-state index contributed by atoms with van der Waals surface area (Å²) in [6.45, 7) is 4.16. The lowest BCUT2D eigenvalue weighted by molar-refractivity contribution is -0.137. The zero-order chi connectivity index (χ0) is 22.1. The molecule has 1 aromatic carbocycles. The maximum atomic E-state index is 13.1. The molecule has 2 amide bonds. The standard InChI is InChI=1S/C24H27N5O3/c1-32-22-7-4-6-20(15-22)28-16-18(13-23(28)30)24(31)27-11-9-26(10-12-27)17-19-14-21-5-2-3-8-29(21)25-19/h2-8,14-15,18H,9-13,16-17H2,1H3. The van der Waals surface area contributed by atoms with Gasteiger partial charge >= 0.3 is 0 Å². The van der Waals surface area contributed by atoms with E-state index < -0.39 is 0 Å².